The molecular formula is C12H12F4O2. The first-order valence-corrected chi connectivity index (χ1v) is 5.20. The molecule has 0 radical (unpaired) electrons. The zero-order valence-electron chi connectivity index (χ0n) is 9.63. The highest BCUT2D eigenvalue weighted by Gasteiger charge is 2.47. The molecule has 6 heteroatoms. The zero-order valence-corrected chi connectivity index (χ0v) is 9.63. The van der Waals surface area contributed by atoms with Crippen LogP contribution in [0.1, 0.15) is 12.0 Å². The van der Waals surface area contributed by atoms with E-state index in [0.717, 1.165) is 0 Å². The van der Waals surface area contributed by atoms with Crippen LogP contribution in [-0.4, -0.2) is 25.2 Å². The Morgan fingerprint density at radius 3 is 2.28 bits per heavy atom. The lowest BCUT2D eigenvalue weighted by molar-refractivity contribution is -0.166. The molecule has 0 atom stereocenters. The molecule has 0 aromatic heterocycles. The third kappa shape index (κ3) is 3.45. The Kier molecular flexibility index (Phi) is 4.69. The third-order valence-electron chi connectivity index (χ3n) is 2.45. The zero-order chi connectivity index (χ0) is 13.8. The number of methoxy groups -OCH3 is 1. The monoisotopic (exact) mass is 264 g/mol. The Balaban J connectivity index is 2.57. The van der Waals surface area contributed by atoms with Crippen LogP contribution in [0, 0.1) is 0 Å². The lowest BCUT2D eigenvalue weighted by Gasteiger charge is -2.13. The van der Waals surface area contributed by atoms with Crippen molar-refractivity contribution in [3.63, 3.8) is 0 Å². The summed E-state index contributed by atoms with van der Waals surface area (Å²) in [6.45, 7) is 0. The normalized spacial score (nSPS) is 11.7. The van der Waals surface area contributed by atoms with Gasteiger partial charge in [0.15, 0.2) is 0 Å². The second-order valence-electron chi connectivity index (χ2n) is 3.69. The fraction of sp³-hybridized carbons (Fsp3) is 0.417. The van der Waals surface area contributed by atoms with E-state index in [2.05, 4.69) is 0 Å². The molecule has 2 nitrogen and oxygen atoms in total. The van der Waals surface area contributed by atoms with Crippen LogP contribution in [0.25, 0.3) is 0 Å². The maximum absolute atomic E-state index is 12.6. The highest BCUT2D eigenvalue weighted by Crippen LogP contribution is 2.26. The molecule has 0 fully saturated rings. The number of halogens is 4. The fourth-order valence-electron chi connectivity index (χ4n) is 1.34. The van der Waals surface area contributed by atoms with E-state index < -0.39 is 24.6 Å². The summed E-state index contributed by atoms with van der Waals surface area (Å²) in [6, 6.07) is 6.38. The second kappa shape index (κ2) is 5.84. The lowest BCUT2D eigenvalue weighted by Crippen LogP contribution is -2.36. The molecule has 0 saturated carbocycles. The average molecular weight is 264 g/mol. The second-order valence-corrected chi connectivity index (χ2v) is 3.69. The van der Waals surface area contributed by atoms with Crippen LogP contribution in [-0.2, 0) is 11.2 Å². The quantitative estimate of drug-likeness (QED) is 0.738. The van der Waals surface area contributed by atoms with Crippen molar-refractivity contribution < 1.29 is 27.1 Å². The summed E-state index contributed by atoms with van der Waals surface area (Å²) in [7, 11) is 1.47. The Hall–Kier alpha value is -1.59. The van der Waals surface area contributed by atoms with Gasteiger partial charge in [-0.2, -0.15) is 8.78 Å². The molecule has 1 rings (SSSR count). The van der Waals surface area contributed by atoms with Crippen molar-refractivity contribution >= 4 is 5.78 Å². The Morgan fingerprint density at radius 2 is 1.83 bits per heavy atom. The molecule has 0 amide bonds. The molecule has 0 aliphatic heterocycles. The van der Waals surface area contributed by atoms with Gasteiger partial charge in [0.2, 0.25) is 5.78 Å². The molecule has 1 aromatic rings. The van der Waals surface area contributed by atoms with Crippen LogP contribution < -0.4 is 4.74 Å². The Morgan fingerprint density at radius 1 is 1.28 bits per heavy atom. The third-order valence-corrected chi connectivity index (χ3v) is 2.45. The van der Waals surface area contributed by atoms with Crippen molar-refractivity contribution in [2.24, 2.45) is 0 Å². The van der Waals surface area contributed by atoms with Gasteiger partial charge in [0.05, 0.1) is 7.11 Å². The largest absolute Gasteiger partial charge is 0.497 e. The lowest BCUT2D eigenvalue weighted by atomic mass is 10.0. The minimum Gasteiger partial charge on any atom is -0.497 e. The van der Waals surface area contributed by atoms with Crippen LogP contribution in [0.15, 0.2) is 24.3 Å². The van der Waals surface area contributed by atoms with Gasteiger partial charge in [-0.1, -0.05) is 12.1 Å². The number of Topliss-reactive ketones (excluding diaryl/α,β-unsaturated/α-hetero) is 1. The predicted octanol–water partition coefficient (Wildman–Crippen LogP) is 3.10. The van der Waals surface area contributed by atoms with Crippen LogP contribution in [0.5, 0.6) is 5.75 Å². The average Bonchev–Trinajstić information content (AvgIpc) is 2.36. The molecule has 100 valence electrons. The van der Waals surface area contributed by atoms with Gasteiger partial charge in [-0.05, 0) is 24.1 Å². The first-order chi connectivity index (χ1) is 8.37. The van der Waals surface area contributed by atoms with Crippen molar-refractivity contribution in [3.05, 3.63) is 29.8 Å². The van der Waals surface area contributed by atoms with E-state index in [0.29, 0.717) is 11.3 Å². The van der Waals surface area contributed by atoms with Gasteiger partial charge in [-0.3, -0.25) is 4.79 Å². The number of hydrogen-bond acceptors (Lipinski definition) is 2. The van der Waals surface area contributed by atoms with Gasteiger partial charge >= 0.3 is 12.3 Å². The number of ketones is 1. The molecule has 18 heavy (non-hydrogen) atoms. The minimum atomic E-state index is -4.56. The van der Waals surface area contributed by atoms with Crippen LogP contribution in [0.2, 0.25) is 0 Å². The topological polar surface area (TPSA) is 26.3 Å². The number of carbonyl (C=O) groups excluding carboxylic acids is 1. The van der Waals surface area contributed by atoms with Crippen molar-refractivity contribution in [3.8, 4) is 5.75 Å². The van der Waals surface area contributed by atoms with Gasteiger partial charge in [0.25, 0.3) is 0 Å². The van der Waals surface area contributed by atoms with Gasteiger partial charge in [0.1, 0.15) is 5.75 Å². The van der Waals surface area contributed by atoms with Crippen LogP contribution in [0.3, 0.4) is 0 Å². The van der Waals surface area contributed by atoms with Gasteiger partial charge < -0.3 is 4.74 Å². The molecule has 0 aliphatic rings. The number of hydrogen-bond donors (Lipinski definition) is 0. The van der Waals surface area contributed by atoms with Crippen LogP contribution >= 0.6 is 0 Å². The first-order valence-electron chi connectivity index (χ1n) is 5.20. The van der Waals surface area contributed by atoms with Crippen molar-refractivity contribution in [1.29, 1.82) is 0 Å². The van der Waals surface area contributed by atoms with Crippen molar-refractivity contribution in [2.45, 2.75) is 25.2 Å². The Bertz CT molecular complexity index is 401. The fourth-order valence-corrected chi connectivity index (χ4v) is 1.34. The summed E-state index contributed by atoms with van der Waals surface area (Å²) in [5.41, 5.74) is 0.606. The van der Waals surface area contributed by atoms with E-state index in [1.54, 1.807) is 24.3 Å². The van der Waals surface area contributed by atoms with Gasteiger partial charge in [-0.15, -0.1) is 0 Å². The molecule has 1 aromatic carbocycles. The number of alkyl halides is 4. The number of benzene rings is 1. The van der Waals surface area contributed by atoms with E-state index >= 15 is 0 Å². The van der Waals surface area contributed by atoms with Gasteiger partial charge in [-0.25, -0.2) is 8.78 Å². The standard InChI is InChI=1S/C12H12F4O2/c1-18-9-5-2-8(3-6-9)4-7-10(17)12(15,16)11(13)14/h2-3,5-6,11H,4,7H2,1H3. The minimum absolute atomic E-state index is 0.00879. The van der Waals surface area contributed by atoms with E-state index in [-0.39, 0.29) is 6.42 Å². The van der Waals surface area contributed by atoms with Gasteiger partial charge in [0, 0.05) is 6.42 Å². The number of aryl methyl sites for hydroxylation is 1. The summed E-state index contributed by atoms with van der Waals surface area (Å²) in [5.74, 6) is -5.72. The summed E-state index contributed by atoms with van der Waals surface area (Å²) in [4.78, 5) is 10.9. The number of carbonyl (C=O) groups is 1. The highest BCUT2D eigenvalue weighted by atomic mass is 19.3. The molecule has 0 spiro atoms. The SMILES string of the molecule is COc1ccc(CCC(=O)C(F)(F)C(F)F)cc1. The Labute approximate surface area is 102 Å². The van der Waals surface area contributed by atoms with E-state index in [1.807, 2.05) is 0 Å². The smallest absolute Gasteiger partial charge is 0.364 e. The molecule has 0 unspecified atom stereocenters. The highest BCUT2D eigenvalue weighted by molar-refractivity contribution is 5.86. The number of rotatable bonds is 6. The number of ether oxygens (including phenoxy) is 1. The summed E-state index contributed by atoms with van der Waals surface area (Å²) in [5, 5.41) is 0. The summed E-state index contributed by atoms with van der Waals surface area (Å²) < 4.78 is 54.0. The van der Waals surface area contributed by atoms with E-state index in [4.69, 9.17) is 4.74 Å². The molecule has 0 saturated heterocycles. The molecule has 0 aliphatic carbocycles. The maximum atomic E-state index is 12.6. The molecular weight excluding hydrogens is 252 g/mol. The first kappa shape index (κ1) is 14.5. The molecule has 0 N–H and O–H groups in total. The molecule has 0 heterocycles. The van der Waals surface area contributed by atoms with Crippen molar-refractivity contribution in [1.82, 2.24) is 0 Å². The molecule has 0 bridgehead atoms. The van der Waals surface area contributed by atoms with Crippen LogP contribution in [0.4, 0.5) is 17.6 Å². The summed E-state index contributed by atoms with van der Waals surface area (Å²) in [6.07, 6.45) is -4.59. The van der Waals surface area contributed by atoms with Crippen molar-refractivity contribution in [2.75, 3.05) is 7.11 Å². The maximum Gasteiger partial charge on any atom is 0.364 e. The summed E-state index contributed by atoms with van der Waals surface area (Å²) >= 11 is 0. The van der Waals surface area contributed by atoms with E-state index in [9.17, 15) is 22.4 Å². The predicted molar refractivity (Wildman–Crippen MR) is 57.3 cm³/mol. The van der Waals surface area contributed by atoms with E-state index in [1.165, 1.54) is 7.11 Å².